The van der Waals surface area contributed by atoms with Crippen molar-refractivity contribution in [3.8, 4) is 0 Å². The second-order valence-electron chi connectivity index (χ2n) is 7.40. The summed E-state index contributed by atoms with van der Waals surface area (Å²) < 4.78 is 5.30. The molecule has 3 N–H and O–H groups in total. The number of carbonyl (C=O) groups excluding carboxylic acids is 1. The van der Waals surface area contributed by atoms with Crippen LogP contribution in [0, 0.1) is 5.92 Å². The number of nitrogens with one attached hydrogen (secondary N) is 1. The Morgan fingerprint density at radius 3 is 2.54 bits per heavy atom. The number of nitrogens with two attached hydrogens (primary N) is 1. The summed E-state index contributed by atoms with van der Waals surface area (Å²) in [5, 5.41) is 2.96. The van der Waals surface area contributed by atoms with Gasteiger partial charge in [-0.25, -0.2) is 0 Å². The van der Waals surface area contributed by atoms with Crippen molar-refractivity contribution in [2.45, 2.75) is 44.7 Å². The molecule has 0 saturated carbocycles. The van der Waals surface area contributed by atoms with Gasteiger partial charge in [-0.3, -0.25) is 9.69 Å². The van der Waals surface area contributed by atoms with Crippen molar-refractivity contribution < 1.29 is 9.53 Å². The van der Waals surface area contributed by atoms with Gasteiger partial charge in [0, 0.05) is 32.0 Å². The number of rotatable bonds is 4. The highest BCUT2D eigenvalue weighted by Gasteiger charge is 2.35. The number of carbonyl (C=O) groups is 1. The van der Waals surface area contributed by atoms with Gasteiger partial charge in [-0.05, 0) is 55.8 Å². The van der Waals surface area contributed by atoms with Crippen molar-refractivity contribution in [1.82, 2.24) is 4.90 Å². The quantitative estimate of drug-likeness (QED) is 0.809. The number of hydrogen-bond donors (Lipinski definition) is 2. The van der Waals surface area contributed by atoms with E-state index in [2.05, 4.69) is 29.3 Å². The highest BCUT2D eigenvalue weighted by Crippen LogP contribution is 2.21. The van der Waals surface area contributed by atoms with E-state index >= 15 is 0 Å². The predicted octanol–water partition coefficient (Wildman–Crippen LogP) is 3.21. The van der Waals surface area contributed by atoms with Crippen LogP contribution in [0.3, 0.4) is 0 Å². The molecule has 0 spiro atoms. The summed E-state index contributed by atoms with van der Waals surface area (Å²) in [4.78, 5) is 14.9. The Labute approximate surface area is 168 Å². The molecule has 7 heteroatoms. The zero-order valence-corrected chi connectivity index (χ0v) is 17.0. The first-order valence-electron chi connectivity index (χ1n) is 9.04. The average Bonchev–Trinajstić information content (AvgIpc) is 2.57. The van der Waals surface area contributed by atoms with E-state index in [9.17, 15) is 4.79 Å². The monoisotopic (exact) mass is 403 g/mol. The standard InChI is InChI=1S/C19H29N3O2.2ClH/c1-15-3-2-10-22(13-15)14-16-4-6-17(7-5-16)21-18(23)19(20)8-11-24-12-9-19;;/h4-7,15H,2-3,8-14,20H2,1H3,(H,21,23);2*1H. The summed E-state index contributed by atoms with van der Waals surface area (Å²) in [6.45, 7) is 6.77. The smallest absolute Gasteiger partial charge is 0.244 e. The molecule has 0 bridgehead atoms. The zero-order chi connectivity index (χ0) is 17.0. The normalized spacial score (nSPS) is 22.6. The molecule has 0 aliphatic carbocycles. The van der Waals surface area contributed by atoms with Crippen LogP contribution < -0.4 is 11.1 Å². The van der Waals surface area contributed by atoms with Gasteiger partial charge in [-0.15, -0.1) is 24.8 Å². The molecule has 2 fully saturated rings. The number of piperidine rings is 1. The molecular weight excluding hydrogens is 373 g/mol. The first-order valence-corrected chi connectivity index (χ1v) is 9.04. The Hall–Kier alpha value is -0.850. The van der Waals surface area contributed by atoms with Gasteiger partial charge < -0.3 is 15.8 Å². The van der Waals surface area contributed by atoms with Crippen LogP contribution in [0.4, 0.5) is 5.69 Å². The van der Waals surface area contributed by atoms with Gasteiger partial charge in [-0.1, -0.05) is 19.1 Å². The fraction of sp³-hybridized carbons (Fsp3) is 0.632. The van der Waals surface area contributed by atoms with Crippen LogP contribution in [-0.2, 0) is 16.1 Å². The Morgan fingerprint density at radius 1 is 1.27 bits per heavy atom. The molecule has 1 aromatic rings. The lowest BCUT2D eigenvalue weighted by Gasteiger charge is -2.32. The Morgan fingerprint density at radius 2 is 1.92 bits per heavy atom. The van der Waals surface area contributed by atoms with E-state index in [4.69, 9.17) is 10.5 Å². The number of halogens is 2. The van der Waals surface area contributed by atoms with Crippen LogP contribution in [0.5, 0.6) is 0 Å². The minimum absolute atomic E-state index is 0. The minimum Gasteiger partial charge on any atom is -0.381 e. The van der Waals surface area contributed by atoms with Gasteiger partial charge in [0.05, 0.1) is 0 Å². The van der Waals surface area contributed by atoms with Gasteiger partial charge in [0.2, 0.25) is 5.91 Å². The van der Waals surface area contributed by atoms with Gasteiger partial charge in [0.15, 0.2) is 0 Å². The molecule has 0 aromatic heterocycles. The maximum Gasteiger partial charge on any atom is 0.244 e. The van der Waals surface area contributed by atoms with Crippen molar-refractivity contribution in [2.24, 2.45) is 11.7 Å². The first-order chi connectivity index (χ1) is 11.5. The van der Waals surface area contributed by atoms with E-state index < -0.39 is 5.54 Å². The van der Waals surface area contributed by atoms with E-state index in [1.165, 1.54) is 31.5 Å². The third-order valence-electron chi connectivity index (χ3n) is 5.20. The topological polar surface area (TPSA) is 67.6 Å². The number of benzene rings is 1. The summed E-state index contributed by atoms with van der Waals surface area (Å²) in [7, 11) is 0. The first kappa shape index (κ1) is 23.2. The SMILES string of the molecule is CC1CCCN(Cc2ccc(NC(=O)C3(N)CCOCC3)cc2)C1.Cl.Cl. The molecule has 0 radical (unpaired) electrons. The largest absolute Gasteiger partial charge is 0.381 e. The summed E-state index contributed by atoms with van der Waals surface area (Å²) in [5.74, 6) is 0.681. The second kappa shape index (κ2) is 10.5. The highest BCUT2D eigenvalue weighted by atomic mass is 35.5. The molecule has 1 unspecified atom stereocenters. The highest BCUT2D eigenvalue weighted by molar-refractivity contribution is 5.98. The van der Waals surface area contributed by atoms with Crippen LogP contribution in [-0.4, -0.2) is 42.6 Å². The Bertz CT molecular complexity index is 562. The fourth-order valence-electron chi connectivity index (χ4n) is 3.60. The van der Waals surface area contributed by atoms with E-state index in [-0.39, 0.29) is 30.7 Å². The van der Waals surface area contributed by atoms with Crippen LogP contribution in [0.2, 0.25) is 0 Å². The number of ether oxygens (including phenoxy) is 1. The van der Waals surface area contributed by atoms with E-state index in [1.807, 2.05) is 12.1 Å². The van der Waals surface area contributed by atoms with Crippen molar-refractivity contribution in [3.05, 3.63) is 29.8 Å². The van der Waals surface area contributed by atoms with Gasteiger partial charge in [-0.2, -0.15) is 0 Å². The van der Waals surface area contributed by atoms with Gasteiger partial charge >= 0.3 is 0 Å². The lowest BCUT2D eigenvalue weighted by atomic mass is 9.90. The fourth-order valence-corrected chi connectivity index (χ4v) is 3.60. The minimum atomic E-state index is -0.805. The molecule has 2 saturated heterocycles. The molecule has 26 heavy (non-hydrogen) atoms. The van der Waals surface area contributed by atoms with E-state index in [1.54, 1.807) is 0 Å². The molecule has 2 aliphatic rings. The van der Waals surface area contributed by atoms with Gasteiger partial charge in [0.1, 0.15) is 5.54 Å². The third kappa shape index (κ3) is 6.10. The van der Waals surface area contributed by atoms with Crippen LogP contribution in [0.15, 0.2) is 24.3 Å². The summed E-state index contributed by atoms with van der Waals surface area (Å²) in [6, 6.07) is 8.15. The Balaban J connectivity index is 0.00000169. The maximum absolute atomic E-state index is 12.4. The van der Waals surface area contributed by atoms with Crippen LogP contribution in [0.25, 0.3) is 0 Å². The van der Waals surface area contributed by atoms with Crippen molar-refractivity contribution in [1.29, 1.82) is 0 Å². The third-order valence-corrected chi connectivity index (χ3v) is 5.20. The molecule has 1 atom stereocenters. The number of anilines is 1. The number of nitrogens with zero attached hydrogens (tertiary/aromatic N) is 1. The molecule has 1 aromatic carbocycles. The molecule has 2 aliphatic heterocycles. The number of amides is 1. The molecule has 148 valence electrons. The molecule has 3 rings (SSSR count). The van der Waals surface area contributed by atoms with Crippen LogP contribution >= 0.6 is 24.8 Å². The van der Waals surface area contributed by atoms with Crippen molar-refractivity contribution in [2.75, 3.05) is 31.6 Å². The van der Waals surface area contributed by atoms with Crippen molar-refractivity contribution in [3.63, 3.8) is 0 Å². The summed E-state index contributed by atoms with van der Waals surface area (Å²) in [6.07, 6.45) is 3.78. The van der Waals surface area contributed by atoms with E-state index in [0.29, 0.717) is 26.1 Å². The maximum atomic E-state index is 12.4. The molecule has 5 nitrogen and oxygen atoms in total. The lowest BCUT2D eigenvalue weighted by Crippen LogP contribution is -2.54. The summed E-state index contributed by atoms with van der Waals surface area (Å²) in [5.41, 5.74) is 7.51. The molecule has 1 amide bonds. The Kier molecular flexibility index (Phi) is 9.34. The van der Waals surface area contributed by atoms with Crippen molar-refractivity contribution >= 4 is 36.4 Å². The molecule has 2 heterocycles. The molecular formula is C19H31Cl2N3O2. The van der Waals surface area contributed by atoms with E-state index in [0.717, 1.165) is 18.2 Å². The van der Waals surface area contributed by atoms with Crippen LogP contribution in [0.1, 0.15) is 38.2 Å². The number of hydrogen-bond acceptors (Lipinski definition) is 4. The lowest BCUT2D eigenvalue weighted by molar-refractivity contribution is -0.124. The summed E-state index contributed by atoms with van der Waals surface area (Å²) >= 11 is 0. The second-order valence-corrected chi connectivity index (χ2v) is 7.40. The average molecular weight is 404 g/mol. The van der Waals surface area contributed by atoms with Gasteiger partial charge in [0.25, 0.3) is 0 Å². The predicted molar refractivity (Wildman–Crippen MR) is 110 cm³/mol. The zero-order valence-electron chi connectivity index (χ0n) is 15.4. The number of likely N-dealkylation sites (tertiary alicyclic amines) is 1.